The first-order valence-corrected chi connectivity index (χ1v) is 4.99. The first-order valence-electron chi connectivity index (χ1n) is 4.99. The van der Waals surface area contributed by atoms with Crippen molar-refractivity contribution in [3.05, 3.63) is 35.4 Å². The lowest BCUT2D eigenvalue weighted by atomic mass is 10.0. The van der Waals surface area contributed by atoms with Crippen molar-refractivity contribution in [1.82, 2.24) is 5.43 Å². The zero-order chi connectivity index (χ0) is 11.3. The van der Waals surface area contributed by atoms with E-state index in [0.717, 1.165) is 5.56 Å². The van der Waals surface area contributed by atoms with Gasteiger partial charge in [-0.1, -0.05) is 38.1 Å². The summed E-state index contributed by atoms with van der Waals surface area (Å²) in [6, 6.07) is 8.11. The van der Waals surface area contributed by atoms with Gasteiger partial charge in [-0.25, -0.2) is 5.43 Å². The molecule has 0 aliphatic rings. The van der Waals surface area contributed by atoms with Crippen LogP contribution in [0.5, 0.6) is 0 Å². The lowest BCUT2D eigenvalue weighted by Crippen LogP contribution is -2.12. The van der Waals surface area contributed by atoms with Gasteiger partial charge in [0.15, 0.2) is 0 Å². The van der Waals surface area contributed by atoms with E-state index in [9.17, 15) is 4.79 Å². The second-order valence-electron chi connectivity index (χ2n) is 3.75. The van der Waals surface area contributed by atoms with Crippen LogP contribution in [0.1, 0.15) is 37.8 Å². The Kier molecular flexibility index (Phi) is 4.03. The summed E-state index contributed by atoms with van der Waals surface area (Å²) in [5, 5.41) is 3.79. The number of hydrogen-bond donors (Lipinski definition) is 1. The maximum Gasteiger partial charge on any atom is 0.236 e. The van der Waals surface area contributed by atoms with Crippen molar-refractivity contribution >= 4 is 12.1 Å². The maximum absolute atomic E-state index is 10.6. The molecule has 0 fully saturated rings. The summed E-state index contributed by atoms with van der Waals surface area (Å²) in [6.07, 6.45) is 1.63. The second kappa shape index (κ2) is 5.29. The molecule has 1 aromatic rings. The zero-order valence-corrected chi connectivity index (χ0v) is 9.32. The topological polar surface area (TPSA) is 41.5 Å². The van der Waals surface area contributed by atoms with Crippen LogP contribution in [0.4, 0.5) is 0 Å². The van der Waals surface area contributed by atoms with Gasteiger partial charge in [0.05, 0.1) is 6.21 Å². The van der Waals surface area contributed by atoms with E-state index in [1.165, 1.54) is 12.5 Å². The Bertz CT molecular complexity index is 352. The van der Waals surface area contributed by atoms with Crippen molar-refractivity contribution in [2.45, 2.75) is 26.7 Å². The molecule has 1 rings (SSSR count). The standard InChI is InChI=1S/C12H16N2O/c1-9(2)12-6-4-11(5-7-12)8-13-14-10(3)15/h4-9H,1-3H3,(H,14,15). The first-order chi connectivity index (χ1) is 7.09. The fourth-order valence-electron chi connectivity index (χ4n) is 1.16. The van der Waals surface area contributed by atoms with Gasteiger partial charge in [0, 0.05) is 6.92 Å². The molecule has 80 valence electrons. The van der Waals surface area contributed by atoms with E-state index in [4.69, 9.17) is 0 Å². The molecular formula is C12H16N2O. The third-order valence-electron chi connectivity index (χ3n) is 2.04. The van der Waals surface area contributed by atoms with E-state index in [1.54, 1.807) is 6.21 Å². The van der Waals surface area contributed by atoms with Gasteiger partial charge in [-0.05, 0) is 17.0 Å². The molecule has 0 unspecified atom stereocenters. The van der Waals surface area contributed by atoms with Crippen LogP contribution in [0.3, 0.4) is 0 Å². The molecule has 0 atom stereocenters. The highest BCUT2D eigenvalue weighted by Crippen LogP contribution is 2.13. The van der Waals surface area contributed by atoms with Gasteiger partial charge in [0.1, 0.15) is 0 Å². The van der Waals surface area contributed by atoms with Crippen molar-refractivity contribution in [2.75, 3.05) is 0 Å². The van der Waals surface area contributed by atoms with Crippen LogP contribution in [-0.4, -0.2) is 12.1 Å². The highest BCUT2D eigenvalue weighted by molar-refractivity contribution is 5.81. The SMILES string of the molecule is CC(=O)NN=Cc1ccc(C(C)C)cc1. The lowest BCUT2D eigenvalue weighted by Gasteiger charge is -2.04. The predicted octanol–water partition coefficient (Wildman–Crippen LogP) is 2.28. The summed E-state index contributed by atoms with van der Waals surface area (Å²) in [5.74, 6) is 0.372. The third-order valence-corrected chi connectivity index (χ3v) is 2.04. The van der Waals surface area contributed by atoms with Gasteiger partial charge in [-0.15, -0.1) is 0 Å². The quantitative estimate of drug-likeness (QED) is 0.595. The summed E-state index contributed by atoms with van der Waals surface area (Å²) in [4.78, 5) is 10.6. The number of nitrogens with one attached hydrogen (secondary N) is 1. The number of hydrogen-bond acceptors (Lipinski definition) is 2. The summed E-state index contributed by atoms with van der Waals surface area (Å²) in [6.45, 7) is 5.74. The number of nitrogens with zero attached hydrogens (tertiary/aromatic N) is 1. The Morgan fingerprint density at radius 2 is 1.93 bits per heavy atom. The van der Waals surface area contributed by atoms with E-state index in [0.29, 0.717) is 5.92 Å². The monoisotopic (exact) mass is 204 g/mol. The van der Waals surface area contributed by atoms with Crippen LogP contribution in [0.25, 0.3) is 0 Å². The number of carbonyl (C=O) groups is 1. The molecule has 3 nitrogen and oxygen atoms in total. The molecule has 0 saturated heterocycles. The van der Waals surface area contributed by atoms with Crippen LogP contribution in [-0.2, 0) is 4.79 Å². The molecule has 3 heteroatoms. The number of amides is 1. The van der Waals surface area contributed by atoms with Gasteiger partial charge in [-0.3, -0.25) is 4.79 Å². The maximum atomic E-state index is 10.6. The minimum Gasteiger partial charge on any atom is -0.274 e. The Hall–Kier alpha value is -1.64. The van der Waals surface area contributed by atoms with E-state index in [2.05, 4.69) is 36.5 Å². The van der Waals surface area contributed by atoms with Crippen LogP contribution in [0.2, 0.25) is 0 Å². The molecule has 0 heterocycles. The minimum atomic E-state index is -0.162. The molecule has 0 aliphatic heterocycles. The van der Waals surface area contributed by atoms with Crippen molar-refractivity contribution in [2.24, 2.45) is 5.10 Å². The van der Waals surface area contributed by atoms with Gasteiger partial charge in [0.2, 0.25) is 5.91 Å². The Labute approximate surface area is 90.2 Å². The van der Waals surface area contributed by atoms with E-state index >= 15 is 0 Å². The van der Waals surface area contributed by atoms with E-state index in [-0.39, 0.29) is 5.91 Å². The summed E-state index contributed by atoms with van der Waals surface area (Å²) < 4.78 is 0. The number of benzene rings is 1. The fourth-order valence-corrected chi connectivity index (χ4v) is 1.16. The third kappa shape index (κ3) is 3.94. The Balaban J connectivity index is 2.64. The van der Waals surface area contributed by atoms with Gasteiger partial charge < -0.3 is 0 Å². The molecule has 1 amide bonds. The molecule has 1 aromatic carbocycles. The number of rotatable bonds is 3. The molecule has 0 bridgehead atoms. The van der Waals surface area contributed by atoms with Crippen LogP contribution in [0.15, 0.2) is 29.4 Å². The Morgan fingerprint density at radius 1 is 1.33 bits per heavy atom. The molecule has 0 saturated carbocycles. The fraction of sp³-hybridized carbons (Fsp3) is 0.333. The Morgan fingerprint density at radius 3 is 2.40 bits per heavy atom. The van der Waals surface area contributed by atoms with Gasteiger partial charge >= 0.3 is 0 Å². The molecule has 15 heavy (non-hydrogen) atoms. The van der Waals surface area contributed by atoms with E-state index in [1.807, 2.05) is 12.1 Å². The van der Waals surface area contributed by atoms with Crippen molar-refractivity contribution in [3.63, 3.8) is 0 Å². The van der Waals surface area contributed by atoms with Gasteiger partial charge in [0.25, 0.3) is 0 Å². The van der Waals surface area contributed by atoms with E-state index < -0.39 is 0 Å². The largest absolute Gasteiger partial charge is 0.274 e. The molecule has 1 N–H and O–H groups in total. The summed E-state index contributed by atoms with van der Waals surface area (Å²) >= 11 is 0. The molecule has 0 radical (unpaired) electrons. The highest BCUT2D eigenvalue weighted by Gasteiger charge is 1.97. The summed E-state index contributed by atoms with van der Waals surface area (Å²) in [5.41, 5.74) is 4.64. The number of carbonyl (C=O) groups excluding carboxylic acids is 1. The molecule has 0 spiro atoms. The predicted molar refractivity (Wildman–Crippen MR) is 61.9 cm³/mol. The van der Waals surface area contributed by atoms with Crippen molar-refractivity contribution in [3.8, 4) is 0 Å². The van der Waals surface area contributed by atoms with Gasteiger partial charge in [-0.2, -0.15) is 5.10 Å². The molecule has 0 aliphatic carbocycles. The van der Waals surface area contributed by atoms with Crippen molar-refractivity contribution < 1.29 is 4.79 Å². The lowest BCUT2D eigenvalue weighted by molar-refractivity contribution is -0.118. The van der Waals surface area contributed by atoms with Crippen LogP contribution >= 0.6 is 0 Å². The normalized spacial score (nSPS) is 10.9. The zero-order valence-electron chi connectivity index (χ0n) is 9.32. The van der Waals surface area contributed by atoms with Crippen LogP contribution < -0.4 is 5.43 Å². The minimum absolute atomic E-state index is 0.162. The average molecular weight is 204 g/mol. The average Bonchev–Trinajstić information content (AvgIpc) is 2.18. The van der Waals surface area contributed by atoms with Crippen LogP contribution in [0, 0.1) is 0 Å². The second-order valence-corrected chi connectivity index (χ2v) is 3.75. The highest BCUT2D eigenvalue weighted by atomic mass is 16.2. The first kappa shape index (κ1) is 11.4. The molecular weight excluding hydrogens is 188 g/mol. The van der Waals surface area contributed by atoms with Crippen molar-refractivity contribution in [1.29, 1.82) is 0 Å². The number of hydrazone groups is 1. The summed E-state index contributed by atoms with van der Waals surface area (Å²) in [7, 11) is 0. The smallest absolute Gasteiger partial charge is 0.236 e. The molecule has 0 aromatic heterocycles.